The van der Waals surface area contributed by atoms with E-state index >= 15 is 0 Å². The Labute approximate surface area is 496 Å². The average Bonchev–Trinajstić information content (AvgIpc) is 3.46. The molecule has 0 aliphatic rings. The van der Waals surface area contributed by atoms with E-state index in [-0.39, 0.29) is 31.1 Å². The smallest absolute Gasteiger partial charge is 0.306 e. The Morgan fingerprint density at radius 2 is 0.487 bits per heavy atom. The van der Waals surface area contributed by atoms with Crippen LogP contribution in [-0.4, -0.2) is 37.2 Å². The summed E-state index contributed by atoms with van der Waals surface area (Å²) in [6, 6.07) is 0. The largest absolute Gasteiger partial charge is 0.462 e. The van der Waals surface area contributed by atoms with Crippen molar-refractivity contribution in [2.24, 2.45) is 0 Å². The number of carbonyl (C=O) groups is 3. The van der Waals surface area contributed by atoms with Crippen molar-refractivity contribution in [3.8, 4) is 0 Å². The first-order valence-electron chi connectivity index (χ1n) is 34.6. The highest BCUT2D eigenvalue weighted by molar-refractivity contribution is 5.71. The summed E-state index contributed by atoms with van der Waals surface area (Å²) in [5.41, 5.74) is 0. The lowest BCUT2D eigenvalue weighted by Gasteiger charge is -2.18. The second-order valence-corrected chi connectivity index (χ2v) is 23.1. The van der Waals surface area contributed by atoms with Crippen LogP contribution in [0.1, 0.15) is 348 Å². The summed E-state index contributed by atoms with van der Waals surface area (Å²) in [6.07, 6.45) is 90.4. The van der Waals surface area contributed by atoms with E-state index in [2.05, 4.69) is 106 Å². The molecule has 0 aromatic rings. The van der Waals surface area contributed by atoms with Gasteiger partial charge in [0.15, 0.2) is 6.10 Å². The fourth-order valence-corrected chi connectivity index (χ4v) is 9.93. The molecule has 1 unspecified atom stereocenters. The molecule has 0 aliphatic carbocycles. The summed E-state index contributed by atoms with van der Waals surface area (Å²) >= 11 is 0. The molecular formula is C74H130O6. The number of allylic oxidation sites excluding steroid dienone is 14. The van der Waals surface area contributed by atoms with Crippen LogP contribution in [0.3, 0.4) is 0 Å². The Bertz CT molecular complexity index is 1520. The lowest BCUT2D eigenvalue weighted by molar-refractivity contribution is -0.167. The highest BCUT2D eigenvalue weighted by atomic mass is 16.6. The van der Waals surface area contributed by atoms with Gasteiger partial charge in [0.25, 0.3) is 0 Å². The van der Waals surface area contributed by atoms with Crippen molar-refractivity contribution in [2.75, 3.05) is 13.2 Å². The number of hydrogen-bond donors (Lipinski definition) is 0. The minimum absolute atomic E-state index is 0.0784. The molecule has 80 heavy (non-hydrogen) atoms. The van der Waals surface area contributed by atoms with Gasteiger partial charge in [-0.3, -0.25) is 14.4 Å². The number of unbranched alkanes of at least 4 members (excludes halogenated alkanes) is 38. The lowest BCUT2D eigenvalue weighted by Crippen LogP contribution is -2.30. The molecule has 6 heteroatoms. The molecule has 1 atom stereocenters. The van der Waals surface area contributed by atoms with Gasteiger partial charge in [-0.1, -0.05) is 298 Å². The minimum atomic E-state index is -0.783. The van der Waals surface area contributed by atoms with Gasteiger partial charge < -0.3 is 14.2 Å². The van der Waals surface area contributed by atoms with E-state index in [0.717, 1.165) is 109 Å². The quantitative estimate of drug-likeness (QED) is 0.0261. The predicted molar refractivity (Wildman–Crippen MR) is 348 cm³/mol. The van der Waals surface area contributed by atoms with Crippen molar-refractivity contribution < 1.29 is 28.6 Å². The Hall–Kier alpha value is -3.41. The summed E-state index contributed by atoms with van der Waals surface area (Å²) in [7, 11) is 0. The van der Waals surface area contributed by atoms with Crippen molar-refractivity contribution in [1.29, 1.82) is 0 Å². The second kappa shape index (κ2) is 68.1. The van der Waals surface area contributed by atoms with Crippen LogP contribution in [0.5, 0.6) is 0 Å². The average molecular weight is 1120 g/mol. The Kier molecular flexibility index (Phi) is 65.2. The maximum Gasteiger partial charge on any atom is 0.306 e. The summed E-state index contributed by atoms with van der Waals surface area (Å²) < 4.78 is 16.9. The van der Waals surface area contributed by atoms with Gasteiger partial charge in [-0.25, -0.2) is 0 Å². The third kappa shape index (κ3) is 65.4. The summed E-state index contributed by atoms with van der Waals surface area (Å²) in [5.74, 6) is -0.879. The van der Waals surface area contributed by atoms with E-state index < -0.39 is 6.10 Å². The first kappa shape index (κ1) is 76.6. The van der Waals surface area contributed by atoms with E-state index in [4.69, 9.17) is 14.2 Å². The van der Waals surface area contributed by atoms with E-state index in [0.29, 0.717) is 19.3 Å². The molecule has 6 nitrogen and oxygen atoms in total. The van der Waals surface area contributed by atoms with Gasteiger partial charge in [0.05, 0.1) is 0 Å². The van der Waals surface area contributed by atoms with Gasteiger partial charge in [-0.15, -0.1) is 0 Å². The van der Waals surface area contributed by atoms with Gasteiger partial charge in [-0.2, -0.15) is 0 Å². The third-order valence-corrected chi connectivity index (χ3v) is 15.1. The van der Waals surface area contributed by atoms with E-state index in [1.807, 2.05) is 0 Å². The van der Waals surface area contributed by atoms with E-state index in [9.17, 15) is 14.4 Å². The summed E-state index contributed by atoms with van der Waals surface area (Å²) in [4.78, 5) is 38.3. The summed E-state index contributed by atoms with van der Waals surface area (Å²) in [6.45, 7) is 6.53. The molecule has 0 fully saturated rings. The van der Waals surface area contributed by atoms with Crippen molar-refractivity contribution in [1.82, 2.24) is 0 Å². The number of esters is 3. The number of carbonyl (C=O) groups excluding carboxylic acids is 3. The van der Waals surface area contributed by atoms with Crippen LogP contribution < -0.4 is 0 Å². The van der Waals surface area contributed by atoms with Gasteiger partial charge in [-0.05, 0) is 116 Å². The molecule has 0 amide bonds. The van der Waals surface area contributed by atoms with Crippen LogP contribution >= 0.6 is 0 Å². The van der Waals surface area contributed by atoms with Crippen molar-refractivity contribution in [3.05, 3.63) is 85.1 Å². The third-order valence-electron chi connectivity index (χ3n) is 15.1. The maximum atomic E-state index is 12.9. The molecule has 0 spiro atoms. The minimum Gasteiger partial charge on any atom is -0.462 e. The first-order valence-corrected chi connectivity index (χ1v) is 34.6. The van der Waals surface area contributed by atoms with Crippen LogP contribution in [0.2, 0.25) is 0 Å². The maximum absolute atomic E-state index is 12.9. The number of hydrogen-bond acceptors (Lipinski definition) is 6. The van der Waals surface area contributed by atoms with E-state index in [1.165, 1.54) is 199 Å². The molecule has 0 heterocycles. The number of ether oxygens (including phenoxy) is 3. The van der Waals surface area contributed by atoms with Crippen molar-refractivity contribution in [3.63, 3.8) is 0 Å². The number of rotatable bonds is 63. The molecule has 0 aliphatic heterocycles. The van der Waals surface area contributed by atoms with Gasteiger partial charge in [0.2, 0.25) is 0 Å². The molecule has 0 radical (unpaired) electrons. The fourth-order valence-electron chi connectivity index (χ4n) is 9.93. The SMILES string of the molecule is CC/C=C\C/C=C\C/C=C\C/C=C\C/C=C\CCCCCCCCCCCCCCCCCCCC(=O)OCC(COC(=O)CCCCCCC/C=C\CCCCCC)OC(=O)CCCCCCC/C=C\CCCCCCCCC. The van der Waals surface area contributed by atoms with Crippen molar-refractivity contribution >= 4 is 17.9 Å². The summed E-state index contributed by atoms with van der Waals surface area (Å²) in [5, 5.41) is 0. The topological polar surface area (TPSA) is 78.9 Å². The zero-order valence-electron chi connectivity index (χ0n) is 53.1. The van der Waals surface area contributed by atoms with Crippen LogP contribution in [-0.2, 0) is 28.6 Å². The predicted octanol–water partition coefficient (Wildman–Crippen LogP) is 23.8. The van der Waals surface area contributed by atoms with Crippen LogP contribution in [0, 0.1) is 0 Å². The molecule has 0 bridgehead atoms. The molecule has 0 aromatic heterocycles. The van der Waals surface area contributed by atoms with Gasteiger partial charge in [0, 0.05) is 19.3 Å². The first-order chi connectivity index (χ1) is 39.5. The van der Waals surface area contributed by atoms with Crippen molar-refractivity contribution in [2.45, 2.75) is 354 Å². The molecule has 0 saturated carbocycles. The normalized spacial score (nSPS) is 12.6. The van der Waals surface area contributed by atoms with Crippen LogP contribution in [0.4, 0.5) is 0 Å². The molecular weight excluding hydrogens is 985 g/mol. The van der Waals surface area contributed by atoms with Crippen LogP contribution in [0.25, 0.3) is 0 Å². The fraction of sp³-hybridized carbons (Fsp3) is 0.770. The zero-order chi connectivity index (χ0) is 57.8. The van der Waals surface area contributed by atoms with Gasteiger partial charge in [0.1, 0.15) is 13.2 Å². The highest BCUT2D eigenvalue weighted by Crippen LogP contribution is 2.17. The zero-order valence-corrected chi connectivity index (χ0v) is 53.1. The lowest BCUT2D eigenvalue weighted by atomic mass is 10.0. The highest BCUT2D eigenvalue weighted by Gasteiger charge is 2.19. The van der Waals surface area contributed by atoms with Gasteiger partial charge >= 0.3 is 17.9 Å². The Morgan fingerprint density at radius 3 is 0.787 bits per heavy atom. The van der Waals surface area contributed by atoms with Crippen LogP contribution in [0.15, 0.2) is 85.1 Å². The standard InChI is InChI=1S/C74H130O6/c1-4-7-10-13-16-19-22-25-27-29-30-31-32-33-34-35-36-37-38-39-40-41-42-43-44-45-47-49-52-55-58-61-64-67-73(76)79-70-71(69-78-72(75)66-63-60-57-54-51-48-24-21-18-15-12-9-6-3)80-74(77)68-65-62-59-56-53-50-46-28-26-23-20-17-14-11-8-5-2/h7,10,16,19,21,24-25,27-28,30-31,33-34,46,71H,4-6,8-9,11-15,17-18,20,22-23,26,29,32,35-45,47-70H2,1-3H3/b10-7-,19-16-,24-21-,27-25-,31-30-,34-33-,46-28-. The molecule has 462 valence electrons. The molecule has 0 aromatic carbocycles. The monoisotopic (exact) mass is 1110 g/mol. The Morgan fingerprint density at radius 1 is 0.263 bits per heavy atom. The molecule has 0 rings (SSSR count). The second-order valence-electron chi connectivity index (χ2n) is 23.1. The van der Waals surface area contributed by atoms with E-state index in [1.54, 1.807) is 0 Å². The molecule has 0 saturated heterocycles. The Balaban J connectivity index is 4.16. The molecule has 0 N–H and O–H groups in total.